The summed E-state index contributed by atoms with van der Waals surface area (Å²) < 4.78 is 11.7. The minimum absolute atomic E-state index is 0.269. The highest BCUT2D eigenvalue weighted by Crippen LogP contribution is 2.16. The molecule has 0 aromatic carbocycles. The molecule has 0 radical (unpaired) electrons. The van der Waals surface area contributed by atoms with Gasteiger partial charge in [-0.25, -0.2) is 9.37 Å². The first kappa shape index (κ1) is 8.27. The second-order valence-corrected chi connectivity index (χ2v) is 2.32. The van der Waals surface area contributed by atoms with E-state index in [1.165, 1.54) is 0 Å². The summed E-state index contributed by atoms with van der Waals surface area (Å²) in [4.78, 5) is 3.81. The lowest BCUT2D eigenvalue weighted by molar-refractivity contribution is 0.513. The highest BCUT2D eigenvalue weighted by atomic mass is 35.5. The summed E-state index contributed by atoms with van der Waals surface area (Å²) >= 11 is 5.66. The molecule has 0 saturated heterocycles. The Morgan fingerprint density at radius 3 is 3.09 bits per heavy atom. The molecular weight excluding hydrogens is 167 g/mol. The Morgan fingerprint density at radius 2 is 2.45 bits per heavy atom. The first-order valence-corrected chi connectivity index (χ1v) is 3.62. The van der Waals surface area contributed by atoms with E-state index in [-0.39, 0.29) is 6.54 Å². The number of halogens is 2. The van der Waals surface area contributed by atoms with Crippen LogP contribution in [-0.2, 0) is 0 Å². The molecule has 60 valence electrons. The molecule has 4 heteroatoms. The number of aromatic nitrogens is 1. The SMILES string of the molecule is FCCNc1cccnc1Cl. The molecule has 0 aliphatic heterocycles. The van der Waals surface area contributed by atoms with Crippen molar-refractivity contribution in [3.05, 3.63) is 23.5 Å². The van der Waals surface area contributed by atoms with Gasteiger partial charge in [0.05, 0.1) is 5.69 Å². The van der Waals surface area contributed by atoms with Crippen LogP contribution >= 0.6 is 11.6 Å². The third-order valence-electron chi connectivity index (χ3n) is 1.17. The summed E-state index contributed by atoms with van der Waals surface area (Å²) in [6.07, 6.45) is 1.59. The van der Waals surface area contributed by atoms with E-state index in [1.807, 2.05) is 0 Å². The van der Waals surface area contributed by atoms with Gasteiger partial charge in [-0.05, 0) is 12.1 Å². The minimum atomic E-state index is -0.411. The molecule has 1 heterocycles. The molecule has 2 nitrogen and oxygen atoms in total. The summed E-state index contributed by atoms with van der Waals surface area (Å²) in [5, 5.41) is 3.17. The summed E-state index contributed by atoms with van der Waals surface area (Å²) in [5.41, 5.74) is 0.673. The van der Waals surface area contributed by atoms with Crippen molar-refractivity contribution < 1.29 is 4.39 Å². The van der Waals surface area contributed by atoms with Crippen LogP contribution in [0, 0.1) is 0 Å². The van der Waals surface area contributed by atoms with Crippen molar-refractivity contribution in [1.29, 1.82) is 0 Å². The van der Waals surface area contributed by atoms with Crippen LogP contribution in [0.25, 0.3) is 0 Å². The number of hydrogen-bond acceptors (Lipinski definition) is 2. The summed E-state index contributed by atoms with van der Waals surface area (Å²) in [7, 11) is 0. The highest BCUT2D eigenvalue weighted by molar-refractivity contribution is 6.31. The second-order valence-electron chi connectivity index (χ2n) is 1.96. The van der Waals surface area contributed by atoms with E-state index in [2.05, 4.69) is 10.3 Å². The topological polar surface area (TPSA) is 24.9 Å². The maximum atomic E-state index is 11.7. The van der Waals surface area contributed by atoms with Gasteiger partial charge in [0, 0.05) is 12.7 Å². The van der Waals surface area contributed by atoms with E-state index in [9.17, 15) is 4.39 Å². The highest BCUT2D eigenvalue weighted by Gasteiger charge is 1.96. The van der Waals surface area contributed by atoms with Crippen molar-refractivity contribution in [3.8, 4) is 0 Å². The lowest BCUT2D eigenvalue weighted by atomic mass is 10.4. The number of nitrogens with one attached hydrogen (secondary N) is 1. The Balaban J connectivity index is 2.62. The molecule has 1 N–H and O–H groups in total. The Labute approximate surface area is 69.4 Å². The predicted molar refractivity (Wildman–Crippen MR) is 43.7 cm³/mol. The Kier molecular flexibility index (Phi) is 3.11. The molecule has 1 aromatic heterocycles. The number of hydrogen-bond donors (Lipinski definition) is 1. The standard InChI is InChI=1S/C7H8ClFN2/c8-7-6(10-5-3-9)2-1-4-11-7/h1-2,4,10H,3,5H2. The largest absolute Gasteiger partial charge is 0.380 e. The van der Waals surface area contributed by atoms with Crippen LogP contribution in [0.15, 0.2) is 18.3 Å². The van der Waals surface area contributed by atoms with Crippen molar-refractivity contribution in [1.82, 2.24) is 4.98 Å². The van der Waals surface area contributed by atoms with Crippen molar-refractivity contribution in [2.75, 3.05) is 18.5 Å². The van der Waals surface area contributed by atoms with Crippen molar-refractivity contribution >= 4 is 17.3 Å². The molecule has 0 amide bonds. The van der Waals surface area contributed by atoms with Crippen LogP contribution in [-0.4, -0.2) is 18.2 Å². The van der Waals surface area contributed by atoms with E-state index in [4.69, 9.17) is 11.6 Å². The van der Waals surface area contributed by atoms with Crippen molar-refractivity contribution in [2.45, 2.75) is 0 Å². The number of anilines is 1. The summed E-state index contributed by atoms with van der Waals surface area (Å²) in [6, 6.07) is 3.50. The molecule has 11 heavy (non-hydrogen) atoms. The first-order chi connectivity index (χ1) is 5.34. The minimum Gasteiger partial charge on any atom is -0.380 e. The normalized spacial score (nSPS) is 9.64. The van der Waals surface area contributed by atoms with E-state index in [0.717, 1.165) is 0 Å². The summed E-state index contributed by atoms with van der Waals surface area (Å²) in [5.74, 6) is 0. The predicted octanol–water partition coefficient (Wildman–Crippen LogP) is 2.12. The van der Waals surface area contributed by atoms with Crippen LogP contribution in [0.4, 0.5) is 10.1 Å². The molecule has 0 saturated carbocycles. The van der Waals surface area contributed by atoms with Crippen LogP contribution < -0.4 is 5.32 Å². The van der Waals surface area contributed by atoms with Gasteiger partial charge in [-0.15, -0.1) is 0 Å². The third-order valence-corrected chi connectivity index (χ3v) is 1.47. The molecule has 0 aliphatic rings. The van der Waals surface area contributed by atoms with Crippen LogP contribution in [0.1, 0.15) is 0 Å². The quantitative estimate of drug-likeness (QED) is 0.710. The lowest BCUT2D eigenvalue weighted by Gasteiger charge is -2.03. The molecule has 0 aliphatic carbocycles. The van der Waals surface area contributed by atoms with Gasteiger partial charge >= 0.3 is 0 Å². The number of alkyl halides is 1. The fourth-order valence-corrected chi connectivity index (χ4v) is 0.886. The molecule has 0 bridgehead atoms. The lowest BCUT2D eigenvalue weighted by Crippen LogP contribution is -2.03. The van der Waals surface area contributed by atoms with E-state index >= 15 is 0 Å². The average molecular weight is 175 g/mol. The number of pyridine rings is 1. The van der Waals surface area contributed by atoms with Gasteiger partial charge in [0.25, 0.3) is 0 Å². The van der Waals surface area contributed by atoms with Gasteiger partial charge in [0.1, 0.15) is 6.67 Å². The van der Waals surface area contributed by atoms with Crippen molar-refractivity contribution in [2.24, 2.45) is 0 Å². The molecule has 0 spiro atoms. The Morgan fingerprint density at radius 1 is 1.64 bits per heavy atom. The van der Waals surface area contributed by atoms with E-state index in [1.54, 1.807) is 18.3 Å². The molecule has 0 unspecified atom stereocenters. The maximum absolute atomic E-state index is 11.7. The molecule has 1 rings (SSSR count). The van der Waals surface area contributed by atoms with E-state index in [0.29, 0.717) is 10.8 Å². The second kappa shape index (κ2) is 4.13. The fraction of sp³-hybridized carbons (Fsp3) is 0.286. The zero-order valence-corrected chi connectivity index (χ0v) is 6.61. The van der Waals surface area contributed by atoms with Crippen molar-refractivity contribution in [3.63, 3.8) is 0 Å². The Hall–Kier alpha value is -0.830. The number of rotatable bonds is 3. The van der Waals surface area contributed by atoms with Gasteiger partial charge < -0.3 is 5.32 Å². The van der Waals surface area contributed by atoms with Gasteiger partial charge in [0.15, 0.2) is 5.15 Å². The molecule has 0 fully saturated rings. The summed E-state index contributed by atoms with van der Waals surface area (Å²) in [6.45, 7) is -0.142. The van der Waals surface area contributed by atoms with Crippen LogP contribution in [0.5, 0.6) is 0 Å². The monoisotopic (exact) mass is 174 g/mol. The average Bonchev–Trinajstić information content (AvgIpc) is 2.03. The number of nitrogens with zero attached hydrogens (tertiary/aromatic N) is 1. The van der Waals surface area contributed by atoms with Gasteiger partial charge in [-0.1, -0.05) is 11.6 Å². The molecule has 1 aromatic rings. The molecular formula is C7H8ClFN2. The van der Waals surface area contributed by atoms with Crippen LogP contribution in [0.3, 0.4) is 0 Å². The maximum Gasteiger partial charge on any atom is 0.152 e. The smallest absolute Gasteiger partial charge is 0.152 e. The van der Waals surface area contributed by atoms with Crippen LogP contribution in [0.2, 0.25) is 5.15 Å². The molecule has 0 atom stereocenters. The fourth-order valence-electron chi connectivity index (χ4n) is 0.700. The van der Waals surface area contributed by atoms with Gasteiger partial charge in [-0.3, -0.25) is 0 Å². The van der Waals surface area contributed by atoms with Gasteiger partial charge in [0.2, 0.25) is 0 Å². The third kappa shape index (κ3) is 2.35. The van der Waals surface area contributed by atoms with E-state index < -0.39 is 6.67 Å². The zero-order chi connectivity index (χ0) is 8.10. The Bertz CT molecular complexity index is 229. The zero-order valence-electron chi connectivity index (χ0n) is 5.85. The first-order valence-electron chi connectivity index (χ1n) is 3.25. The van der Waals surface area contributed by atoms with Gasteiger partial charge in [-0.2, -0.15) is 0 Å².